The van der Waals surface area contributed by atoms with E-state index in [1.54, 1.807) is 26.8 Å². The number of rotatable bonds is 39. The summed E-state index contributed by atoms with van der Waals surface area (Å²) in [5, 5.41) is 0. The van der Waals surface area contributed by atoms with Crippen LogP contribution in [0.5, 0.6) is 0 Å². The first kappa shape index (κ1) is 50.3. The van der Waals surface area contributed by atoms with Crippen molar-refractivity contribution in [2.24, 2.45) is 0 Å². The van der Waals surface area contributed by atoms with Crippen LogP contribution in [0.2, 0.25) is 4.44 Å². The summed E-state index contributed by atoms with van der Waals surface area (Å²) in [6.45, 7) is 10.3. The molecule has 0 unspecified atom stereocenters. The fourth-order valence-electron chi connectivity index (χ4n) is 5.63. The van der Waals surface area contributed by atoms with Crippen molar-refractivity contribution in [3.63, 3.8) is 0 Å². The van der Waals surface area contributed by atoms with Crippen LogP contribution in [-0.2, 0) is 28.6 Å². The molecule has 0 aliphatic heterocycles. The van der Waals surface area contributed by atoms with Gasteiger partial charge in [0.2, 0.25) is 0 Å². The van der Waals surface area contributed by atoms with Crippen molar-refractivity contribution in [3.05, 3.63) is 0 Å². The molecule has 0 spiro atoms. The molecule has 0 bridgehead atoms. The van der Waals surface area contributed by atoms with Crippen LogP contribution in [0.25, 0.3) is 0 Å². The van der Waals surface area contributed by atoms with Crippen LogP contribution in [0.4, 0.5) is 0 Å². The Balaban J connectivity index is 4.89. The van der Waals surface area contributed by atoms with E-state index in [-0.39, 0.29) is 35.2 Å². The van der Waals surface area contributed by atoms with Crippen LogP contribution in [0.3, 0.4) is 0 Å². The predicted octanol–water partition coefficient (Wildman–Crippen LogP) is 13.0. The summed E-state index contributed by atoms with van der Waals surface area (Å²) in [6.07, 6.45) is 31.1. The quantitative estimate of drug-likeness (QED) is 0.0260. The van der Waals surface area contributed by atoms with Crippen molar-refractivity contribution in [2.75, 3.05) is 37.1 Å². The molecule has 0 N–H and O–H groups in total. The summed E-state index contributed by atoms with van der Waals surface area (Å²) in [5.74, 6) is 0.343. The van der Waals surface area contributed by atoms with Gasteiger partial charge in [0.05, 0.1) is 0 Å². The van der Waals surface area contributed by atoms with E-state index in [1.807, 2.05) is 0 Å². The summed E-state index contributed by atoms with van der Waals surface area (Å²) in [6, 6.07) is 0. The summed E-state index contributed by atoms with van der Waals surface area (Å²) in [4.78, 5) is 38.5. The minimum atomic E-state index is -3.33. The van der Waals surface area contributed by atoms with E-state index in [0.29, 0.717) is 19.8 Å². The molecule has 0 saturated heterocycles. The van der Waals surface area contributed by atoms with Gasteiger partial charge >= 0.3 is 284 Å². The fraction of sp³-hybridized carbons (Fsp3) is 0.925. The molecule has 10 heteroatoms. The van der Waals surface area contributed by atoms with E-state index in [4.69, 9.17) is 14.2 Å². The number of hydrogen-bond donors (Lipinski definition) is 0. The van der Waals surface area contributed by atoms with Crippen molar-refractivity contribution in [2.45, 2.75) is 199 Å². The maximum atomic E-state index is 12.8. The number of hydrogen-bond acceptors (Lipinski definition) is 9. The molecule has 0 aromatic carbocycles. The minimum Gasteiger partial charge on any atom is -0.0654 e. The molecule has 0 aromatic heterocycles. The standard InChI is InChI=1S/3C12H24O2S.C4H9.Sn/c3*1-2-3-4-5-6-7-8-9-10-14-12(13)11-15;1-3-4-2;/h3*15H,2-11H2,1H3;1,3-4H2,2H3;/q;;;;+3/p-3. The van der Waals surface area contributed by atoms with E-state index in [1.165, 1.54) is 116 Å². The smallest absolute Gasteiger partial charge is 0.0654 e. The van der Waals surface area contributed by atoms with Gasteiger partial charge in [-0.2, -0.15) is 0 Å². The molecular formula is C40H78O6S3Sn. The van der Waals surface area contributed by atoms with Gasteiger partial charge in [0.25, 0.3) is 0 Å². The first-order valence-electron chi connectivity index (χ1n) is 20.8. The number of carbonyl (C=O) groups is 3. The Morgan fingerprint density at radius 2 is 0.600 bits per heavy atom. The number of carbonyl (C=O) groups excluding carboxylic acids is 3. The monoisotopic (exact) mass is 870 g/mol. The molecule has 296 valence electrons. The third kappa shape index (κ3) is 34.1. The Morgan fingerprint density at radius 1 is 0.360 bits per heavy atom. The average Bonchev–Trinajstić information content (AvgIpc) is 3.12. The molecule has 0 aromatic rings. The first-order valence-corrected chi connectivity index (χ1v) is 36.3. The van der Waals surface area contributed by atoms with Crippen molar-refractivity contribution < 1.29 is 28.6 Å². The van der Waals surface area contributed by atoms with Crippen LogP contribution in [0, 0.1) is 0 Å². The van der Waals surface area contributed by atoms with Crippen LogP contribution >= 0.6 is 26.8 Å². The average molecular weight is 870 g/mol. The number of ether oxygens (including phenoxy) is 3. The Labute approximate surface area is 321 Å². The molecule has 0 atom stereocenters. The van der Waals surface area contributed by atoms with Crippen molar-refractivity contribution in [3.8, 4) is 0 Å². The summed E-state index contributed by atoms with van der Waals surface area (Å²) >= 11 is -3.33. The third-order valence-corrected chi connectivity index (χ3v) is 47.4. The van der Waals surface area contributed by atoms with E-state index in [0.717, 1.165) is 55.8 Å². The van der Waals surface area contributed by atoms with Crippen LogP contribution in [-0.4, -0.2) is 69.2 Å². The molecule has 0 radical (unpaired) electrons. The maximum absolute atomic E-state index is 12.8. The molecule has 0 heterocycles. The second-order valence-corrected chi connectivity index (χ2v) is 47.4. The molecule has 0 amide bonds. The number of unbranched alkanes of at least 4 members (excludes halogenated alkanes) is 22. The van der Waals surface area contributed by atoms with E-state index < -0.39 is 14.2 Å². The normalized spacial score (nSPS) is 11.5. The van der Waals surface area contributed by atoms with E-state index in [9.17, 15) is 14.4 Å². The SMILES string of the molecule is CCCCCCCCCCOC(=O)C[S][Sn]([CH2]CCC)([S]CC(=O)OCCCCCCCCCC)[S]CC(=O)OCCCCCCCCCC. The Bertz CT molecular complexity index is 695. The molecule has 50 heavy (non-hydrogen) atoms. The van der Waals surface area contributed by atoms with Crippen molar-refractivity contribution in [1.82, 2.24) is 0 Å². The van der Waals surface area contributed by atoms with E-state index in [2.05, 4.69) is 27.7 Å². The zero-order chi connectivity index (χ0) is 36.8. The molecule has 0 aliphatic rings. The van der Waals surface area contributed by atoms with Crippen LogP contribution in [0.1, 0.15) is 195 Å². The van der Waals surface area contributed by atoms with Gasteiger partial charge in [-0.15, -0.1) is 0 Å². The minimum absolute atomic E-state index is 0.175. The van der Waals surface area contributed by atoms with E-state index >= 15 is 0 Å². The van der Waals surface area contributed by atoms with Crippen LogP contribution < -0.4 is 0 Å². The number of esters is 3. The Morgan fingerprint density at radius 3 is 0.860 bits per heavy atom. The van der Waals surface area contributed by atoms with Gasteiger partial charge in [-0.05, 0) is 0 Å². The molecular weight excluding hydrogens is 791 g/mol. The zero-order valence-corrected chi connectivity index (χ0v) is 38.3. The zero-order valence-electron chi connectivity index (χ0n) is 33.0. The Kier molecular flexibility index (Phi) is 39.2. The van der Waals surface area contributed by atoms with Crippen LogP contribution in [0.15, 0.2) is 0 Å². The molecule has 0 rings (SSSR count). The first-order chi connectivity index (χ1) is 24.4. The second-order valence-electron chi connectivity index (χ2n) is 13.7. The van der Waals surface area contributed by atoms with Gasteiger partial charge in [-0.25, -0.2) is 0 Å². The van der Waals surface area contributed by atoms with Gasteiger partial charge in [0.1, 0.15) is 0 Å². The molecule has 6 nitrogen and oxygen atoms in total. The van der Waals surface area contributed by atoms with Gasteiger partial charge in [-0.1, -0.05) is 40.0 Å². The van der Waals surface area contributed by atoms with Gasteiger partial charge in [-0.3, -0.25) is 0 Å². The molecule has 0 saturated carbocycles. The summed E-state index contributed by atoms with van der Waals surface area (Å²) in [7, 11) is 5.14. The van der Waals surface area contributed by atoms with Gasteiger partial charge in [0.15, 0.2) is 0 Å². The second kappa shape index (κ2) is 39.0. The van der Waals surface area contributed by atoms with Gasteiger partial charge < -0.3 is 0 Å². The summed E-state index contributed by atoms with van der Waals surface area (Å²) < 4.78 is 17.9. The topological polar surface area (TPSA) is 78.9 Å². The Hall–Kier alpha value is 0.259. The third-order valence-electron chi connectivity index (χ3n) is 8.85. The molecule has 0 fully saturated rings. The summed E-state index contributed by atoms with van der Waals surface area (Å²) in [5.41, 5.74) is 0. The van der Waals surface area contributed by atoms with Gasteiger partial charge in [0, 0.05) is 0 Å². The molecule has 0 aliphatic carbocycles. The van der Waals surface area contributed by atoms with Crippen molar-refractivity contribution >= 4 is 59.0 Å². The van der Waals surface area contributed by atoms with Crippen molar-refractivity contribution in [1.29, 1.82) is 0 Å². The fourth-order valence-corrected chi connectivity index (χ4v) is 39.4. The predicted molar refractivity (Wildman–Crippen MR) is 224 cm³/mol.